The number of hydrogen-bond acceptors (Lipinski definition) is 4. The number of carbonyl (C=O) groups is 1. The van der Waals surface area contributed by atoms with Crippen molar-refractivity contribution in [3.8, 4) is 0 Å². The van der Waals surface area contributed by atoms with Gasteiger partial charge in [-0.1, -0.05) is 42.0 Å². The highest BCUT2D eigenvalue weighted by Crippen LogP contribution is 2.22. The van der Waals surface area contributed by atoms with Gasteiger partial charge in [0.2, 0.25) is 0 Å². The van der Waals surface area contributed by atoms with Gasteiger partial charge >= 0.3 is 5.97 Å². The molecule has 1 atom stereocenters. The summed E-state index contributed by atoms with van der Waals surface area (Å²) in [5.74, 6) is -0.892. The molecule has 3 rings (SSSR count). The van der Waals surface area contributed by atoms with E-state index in [-0.39, 0.29) is 0 Å². The third kappa shape index (κ3) is 4.91. The number of aryl methyl sites for hydroxylation is 1. The summed E-state index contributed by atoms with van der Waals surface area (Å²) in [6, 6.07) is 16.0. The predicted octanol–water partition coefficient (Wildman–Crippen LogP) is 2.86. The molecular weight excluding hydrogens is 328 g/mol. The summed E-state index contributed by atoms with van der Waals surface area (Å²) in [5.41, 5.74) is 3.99. The van der Waals surface area contributed by atoms with Crippen LogP contribution < -0.4 is 5.32 Å². The second kappa shape index (κ2) is 8.94. The lowest BCUT2D eigenvalue weighted by atomic mass is 10.0. The summed E-state index contributed by atoms with van der Waals surface area (Å²) in [5, 5.41) is 12.5. The minimum atomic E-state index is -0.892. The number of carboxylic acids is 1. The van der Waals surface area contributed by atoms with Crippen molar-refractivity contribution in [1.29, 1.82) is 0 Å². The third-order valence-corrected chi connectivity index (χ3v) is 4.78. The lowest BCUT2D eigenvalue weighted by Crippen LogP contribution is -2.42. The smallest absolute Gasteiger partial charge is 0.335 e. The Morgan fingerprint density at radius 1 is 1.19 bits per heavy atom. The number of nitrogens with one attached hydrogen (secondary N) is 1. The van der Waals surface area contributed by atoms with E-state index in [1.165, 1.54) is 11.1 Å². The summed E-state index contributed by atoms with van der Waals surface area (Å²) in [6.07, 6.45) is 0. The number of rotatable bonds is 7. The first-order valence-electron chi connectivity index (χ1n) is 9.05. The van der Waals surface area contributed by atoms with Gasteiger partial charge in [0, 0.05) is 32.2 Å². The molecule has 2 aromatic rings. The number of morpholine rings is 1. The van der Waals surface area contributed by atoms with Crippen LogP contribution in [0.15, 0.2) is 48.5 Å². The molecule has 2 N–H and O–H groups in total. The number of nitrogens with zero attached hydrogens (tertiary/aromatic N) is 1. The largest absolute Gasteiger partial charge is 0.478 e. The summed E-state index contributed by atoms with van der Waals surface area (Å²) < 4.78 is 5.50. The fraction of sp³-hybridized carbons (Fsp3) is 0.381. The first kappa shape index (κ1) is 18.6. The highest BCUT2D eigenvalue weighted by atomic mass is 16.5. The van der Waals surface area contributed by atoms with Gasteiger partial charge in [-0.05, 0) is 30.2 Å². The van der Waals surface area contributed by atoms with Crippen molar-refractivity contribution < 1.29 is 14.6 Å². The lowest BCUT2D eigenvalue weighted by Gasteiger charge is -2.35. The normalized spacial score (nSPS) is 16.3. The second-order valence-electron chi connectivity index (χ2n) is 6.71. The van der Waals surface area contributed by atoms with E-state index in [2.05, 4.69) is 41.4 Å². The average Bonchev–Trinajstić information content (AvgIpc) is 2.66. The minimum absolute atomic E-state index is 0.303. The van der Waals surface area contributed by atoms with E-state index in [0.29, 0.717) is 18.2 Å². The summed E-state index contributed by atoms with van der Waals surface area (Å²) in [4.78, 5) is 13.4. The van der Waals surface area contributed by atoms with Gasteiger partial charge in [0.25, 0.3) is 0 Å². The molecule has 5 nitrogen and oxygen atoms in total. The molecule has 1 fully saturated rings. The van der Waals surface area contributed by atoms with E-state index in [1.807, 2.05) is 12.1 Å². The van der Waals surface area contributed by atoms with Crippen molar-refractivity contribution in [3.05, 3.63) is 70.8 Å². The van der Waals surface area contributed by atoms with Gasteiger partial charge in [-0.3, -0.25) is 4.90 Å². The van der Waals surface area contributed by atoms with E-state index in [9.17, 15) is 4.79 Å². The average molecular weight is 354 g/mol. The maximum absolute atomic E-state index is 10.9. The third-order valence-electron chi connectivity index (χ3n) is 4.78. The number of aromatic carboxylic acids is 1. The maximum Gasteiger partial charge on any atom is 0.335 e. The Morgan fingerprint density at radius 2 is 1.92 bits per heavy atom. The highest BCUT2D eigenvalue weighted by Gasteiger charge is 2.22. The van der Waals surface area contributed by atoms with Crippen LogP contribution in [0.3, 0.4) is 0 Å². The fourth-order valence-electron chi connectivity index (χ4n) is 3.34. The topological polar surface area (TPSA) is 61.8 Å². The molecule has 1 aliphatic rings. The van der Waals surface area contributed by atoms with Crippen molar-refractivity contribution in [3.63, 3.8) is 0 Å². The Morgan fingerprint density at radius 3 is 2.58 bits per heavy atom. The molecule has 0 saturated carbocycles. The molecule has 0 aliphatic carbocycles. The zero-order chi connectivity index (χ0) is 18.4. The minimum Gasteiger partial charge on any atom is -0.478 e. The zero-order valence-electron chi connectivity index (χ0n) is 15.1. The summed E-state index contributed by atoms with van der Waals surface area (Å²) >= 11 is 0. The first-order valence-corrected chi connectivity index (χ1v) is 9.05. The molecule has 0 amide bonds. The molecule has 0 spiro atoms. The molecule has 0 aromatic heterocycles. The molecule has 5 heteroatoms. The molecule has 1 aliphatic heterocycles. The van der Waals surface area contributed by atoms with E-state index in [0.717, 1.165) is 38.4 Å². The molecular formula is C21H26N2O3. The van der Waals surface area contributed by atoms with Gasteiger partial charge in [0.05, 0.1) is 18.8 Å². The number of carboxylic acid groups (broad SMARTS) is 1. The van der Waals surface area contributed by atoms with Crippen molar-refractivity contribution in [2.75, 3.05) is 32.8 Å². The van der Waals surface area contributed by atoms with Gasteiger partial charge in [0.1, 0.15) is 0 Å². The fourth-order valence-corrected chi connectivity index (χ4v) is 3.34. The van der Waals surface area contributed by atoms with E-state index < -0.39 is 5.97 Å². The van der Waals surface area contributed by atoms with Gasteiger partial charge < -0.3 is 15.2 Å². The standard InChI is InChI=1S/C21H26N2O3/c1-16-3-2-4-19(13-16)20(23-9-11-26-12-10-23)15-22-14-17-5-7-18(8-6-17)21(24)25/h2-8,13,20,22H,9-12,14-15H2,1H3,(H,24,25). The summed E-state index contributed by atoms with van der Waals surface area (Å²) in [7, 11) is 0. The molecule has 2 aromatic carbocycles. The molecule has 1 heterocycles. The lowest BCUT2D eigenvalue weighted by molar-refractivity contribution is 0.0161. The predicted molar refractivity (Wildman–Crippen MR) is 101 cm³/mol. The molecule has 26 heavy (non-hydrogen) atoms. The van der Waals surface area contributed by atoms with E-state index in [4.69, 9.17) is 9.84 Å². The summed E-state index contributed by atoms with van der Waals surface area (Å²) in [6.45, 7) is 7.10. The van der Waals surface area contributed by atoms with Crippen LogP contribution in [0.2, 0.25) is 0 Å². The van der Waals surface area contributed by atoms with E-state index >= 15 is 0 Å². The van der Waals surface area contributed by atoms with Crippen molar-refractivity contribution in [1.82, 2.24) is 10.2 Å². The molecule has 0 radical (unpaired) electrons. The van der Waals surface area contributed by atoms with Crippen LogP contribution in [0.25, 0.3) is 0 Å². The Balaban J connectivity index is 1.64. The van der Waals surface area contributed by atoms with Crippen molar-refractivity contribution in [2.24, 2.45) is 0 Å². The van der Waals surface area contributed by atoms with Crippen LogP contribution in [0.5, 0.6) is 0 Å². The van der Waals surface area contributed by atoms with Crippen molar-refractivity contribution in [2.45, 2.75) is 19.5 Å². The molecule has 0 bridgehead atoms. The Hall–Kier alpha value is -2.21. The van der Waals surface area contributed by atoms with E-state index in [1.54, 1.807) is 12.1 Å². The van der Waals surface area contributed by atoms with Crippen LogP contribution in [0.4, 0.5) is 0 Å². The van der Waals surface area contributed by atoms with Crippen LogP contribution in [-0.2, 0) is 11.3 Å². The van der Waals surface area contributed by atoms with Gasteiger partial charge in [-0.2, -0.15) is 0 Å². The SMILES string of the molecule is Cc1cccc(C(CNCc2ccc(C(=O)O)cc2)N2CCOCC2)c1. The van der Waals surface area contributed by atoms with Gasteiger partial charge in [0.15, 0.2) is 0 Å². The van der Waals surface area contributed by atoms with Crippen LogP contribution in [0, 0.1) is 6.92 Å². The number of benzene rings is 2. The quantitative estimate of drug-likeness (QED) is 0.801. The number of hydrogen-bond donors (Lipinski definition) is 2. The second-order valence-corrected chi connectivity index (χ2v) is 6.71. The Labute approximate surface area is 154 Å². The van der Waals surface area contributed by atoms with Gasteiger partial charge in [-0.15, -0.1) is 0 Å². The molecule has 1 unspecified atom stereocenters. The van der Waals surface area contributed by atoms with Crippen LogP contribution in [0.1, 0.15) is 33.1 Å². The molecule has 138 valence electrons. The Kier molecular flexibility index (Phi) is 6.39. The monoisotopic (exact) mass is 354 g/mol. The number of ether oxygens (including phenoxy) is 1. The van der Waals surface area contributed by atoms with Gasteiger partial charge in [-0.25, -0.2) is 4.79 Å². The molecule has 1 saturated heterocycles. The zero-order valence-corrected chi connectivity index (χ0v) is 15.1. The van der Waals surface area contributed by atoms with Crippen molar-refractivity contribution >= 4 is 5.97 Å². The highest BCUT2D eigenvalue weighted by molar-refractivity contribution is 5.87. The maximum atomic E-state index is 10.9. The van der Waals surface area contributed by atoms with Crippen LogP contribution in [-0.4, -0.2) is 48.8 Å². The first-order chi connectivity index (χ1) is 12.6. The van der Waals surface area contributed by atoms with Crippen LogP contribution >= 0.6 is 0 Å². The Bertz CT molecular complexity index is 724.